The molecule has 0 aromatic carbocycles. The third-order valence-corrected chi connectivity index (χ3v) is 3.84. The fourth-order valence-corrected chi connectivity index (χ4v) is 2.53. The van der Waals surface area contributed by atoms with E-state index in [1.54, 1.807) is 0 Å². The van der Waals surface area contributed by atoms with Gasteiger partial charge in [-0.2, -0.15) is 0 Å². The van der Waals surface area contributed by atoms with Gasteiger partial charge in [-0.3, -0.25) is 4.98 Å². The van der Waals surface area contributed by atoms with E-state index in [2.05, 4.69) is 42.8 Å². The zero-order chi connectivity index (χ0) is 13.3. The van der Waals surface area contributed by atoms with Crippen LogP contribution in [0.15, 0.2) is 18.3 Å². The first-order valence-corrected chi connectivity index (χ1v) is 6.84. The smallest absolute Gasteiger partial charge is 0.0794 e. The van der Waals surface area contributed by atoms with Crippen molar-refractivity contribution in [2.24, 2.45) is 0 Å². The molecule has 1 aliphatic heterocycles. The first-order valence-electron chi connectivity index (χ1n) is 6.84. The van der Waals surface area contributed by atoms with Gasteiger partial charge in [-0.05, 0) is 44.7 Å². The standard InChI is InChI=1S/C15H24N2O/c1-11(2)14-6-5-13(9-16-14)17-10-15(4,18)8-7-12(17)3/h5-6,9,11-12,18H,7-8,10H2,1-4H3/t12-,15-/m0/s1. The third-order valence-electron chi connectivity index (χ3n) is 3.84. The number of hydrogen-bond donors (Lipinski definition) is 1. The zero-order valence-electron chi connectivity index (χ0n) is 11.8. The predicted octanol–water partition coefficient (Wildman–Crippen LogP) is 2.94. The lowest BCUT2D eigenvalue weighted by atomic mass is 9.90. The van der Waals surface area contributed by atoms with Crippen LogP contribution >= 0.6 is 0 Å². The minimum atomic E-state index is -0.580. The number of aliphatic hydroxyl groups is 1. The summed E-state index contributed by atoms with van der Waals surface area (Å²) in [4.78, 5) is 6.78. The Morgan fingerprint density at radius 2 is 2.17 bits per heavy atom. The Morgan fingerprint density at radius 3 is 2.72 bits per heavy atom. The molecule has 1 N–H and O–H groups in total. The van der Waals surface area contributed by atoms with E-state index in [0.29, 0.717) is 18.5 Å². The Morgan fingerprint density at radius 1 is 1.44 bits per heavy atom. The van der Waals surface area contributed by atoms with Gasteiger partial charge in [0.15, 0.2) is 0 Å². The molecule has 0 aliphatic carbocycles. The van der Waals surface area contributed by atoms with E-state index < -0.39 is 5.60 Å². The molecule has 3 nitrogen and oxygen atoms in total. The average Bonchev–Trinajstić information content (AvgIpc) is 2.32. The second kappa shape index (κ2) is 4.88. The third kappa shape index (κ3) is 2.83. The van der Waals surface area contributed by atoms with Gasteiger partial charge >= 0.3 is 0 Å². The van der Waals surface area contributed by atoms with Crippen LogP contribution in [-0.2, 0) is 0 Å². The second-order valence-corrected chi connectivity index (χ2v) is 6.11. The molecule has 1 aliphatic rings. The first-order chi connectivity index (χ1) is 8.39. The van der Waals surface area contributed by atoms with Gasteiger partial charge in [-0.25, -0.2) is 0 Å². The molecule has 1 fully saturated rings. The highest BCUT2D eigenvalue weighted by molar-refractivity contribution is 5.47. The highest BCUT2D eigenvalue weighted by atomic mass is 16.3. The Bertz CT molecular complexity index is 397. The largest absolute Gasteiger partial charge is 0.388 e. The maximum Gasteiger partial charge on any atom is 0.0794 e. The van der Waals surface area contributed by atoms with Crippen molar-refractivity contribution in [2.75, 3.05) is 11.4 Å². The Labute approximate surface area is 110 Å². The van der Waals surface area contributed by atoms with Gasteiger partial charge in [0.1, 0.15) is 0 Å². The summed E-state index contributed by atoms with van der Waals surface area (Å²) in [6.45, 7) is 9.12. The van der Waals surface area contributed by atoms with E-state index in [0.717, 1.165) is 24.2 Å². The maximum atomic E-state index is 10.2. The van der Waals surface area contributed by atoms with Crippen LogP contribution < -0.4 is 4.90 Å². The average molecular weight is 248 g/mol. The second-order valence-electron chi connectivity index (χ2n) is 6.11. The summed E-state index contributed by atoms with van der Waals surface area (Å²) >= 11 is 0. The fourth-order valence-electron chi connectivity index (χ4n) is 2.53. The van der Waals surface area contributed by atoms with Crippen LogP contribution in [0.25, 0.3) is 0 Å². The summed E-state index contributed by atoms with van der Waals surface area (Å²) in [5.41, 5.74) is 1.66. The molecule has 3 heteroatoms. The molecular formula is C15H24N2O. The summed E-state index contributed by atoms with van der Waals surface area (Å²) in [5.74, 6) is 0.459. The van der Waals surface area contributed by atoms with Crippen molar-refractivity contribution in [1.82, 2.24) is 4.98 Å². The van der Waals surface area contributed by atoms with Gasteiger partial charge in [0.2, 0.25) is 0 Å². The van der Waals surface area contributed by atoms with Crippen molar-refractivity contribution >= 4 is 5.69 Å². The number of piperidine rings is 1. The summed E-state index contributed by atoms with van der Waals surface area (Å²) in [7, 11) is 0. The maximum absolute atomic E-state index is 10.2. The minimum Gasteiger partial charge on any atom is -0.388 e. The number of rotatable bonds is 2. The quantitative estimate of drug-likeness (QED) is 0.874. The zero-order valence-corrected chi connectivity index (χ0v) is 11.8. The molecule has 0 unspecified atom stereocenters. The molecule has 0 bridgehead atoms. The number of hydrogen-bond acceptors (Lipinski definition) is 3. The molecule has 1 saturated heterocycles. The van der Waals surface area contributed by atoms with Crippen LogP contribution in [0.4, 0.5) is 5.69 Å². The molecule has 0 radical (unpaired) electrons. The van der Waals surface area contributed by atoms with Crippen molar-refractivity contribution in [2.45, 2.75) is 58.1 Å². The van der Waals surface area contributed by atoms with Crippen molar-refractivity contribution < 1.29 is 5.11 Å². The highest BCUT2D eigenvalue weighted by Crippen LogP contribution is 2.29. The number of aromatic nitrogens is 1. The molecule has 100 valence electrons. The van der Waals surface area contributed by atoms with Gasteiger partial charge in [0.05, 0.1) is 17.5 Å². The lowest BCUT2D eigenvalue weighted by molar-refractivity contribution is 0.0378. The molecule has 0 spiro atoms. The molecule has 2 atom stereocenters. The molecule has 18 heavy (non-hydrogen) atoms. The van der Waals surface area contributed by atoms with Crippen molar-refractivity contribution in [3.63, 3.8) is 0 Å². The number of nitrogens with zero attached hydrogens (tertiary/aromatic N) is 2. The SMILES string of the molecule is CC(C)c1ccc(N2C[C@@](C)(O)CC[C@@H]2C)cn1. The molecular weight excluding hydrogens is 224 g/mol. The van der Waals surface area contributed by atoms with E-state index in [1.807, 2.05) is 13.1 Å². The minimum absolute atomic E-state index is 0.459. The first kappa shape index (κ1) is 13.3. The molecule has 0 saturated carbocycles. The summed E-state index contributed by atoms with van der Waals surface area (Å²) in [5, 5.41) is 10.2. The van der Waals surface area contributed by atoms with Gasteiger partial charge in [-0.15, -0.1) is 0 Å². The van der Waals surface area contributed by atoms with Crippen LogP contribution in [0.1, 0.15) is 52.1 Å². The highest BCUT2D eigenvalue weighted by Gasteiger charge is 2.32. The van der Waals surface area contributed by atoms with E-state index in [-0.39, 0.29) is 0 Å². The van der Waals surface area contributed by atoms with Crippen molar-refractivity contribution in [1.29, 1.82) is 0 Å². The van der Waals surface area contributed by atoms with Gasteiger partial charge in [0, 0.05) is 18.3 Å². The summed E-state index contributed by atoms with van der Waals surface area (Å²) in [6, 6.07) is 4.69. The van der Waals surface area contributed by atoms with Gasteiger partial charge in [-0.1, -0.05) is 13.8 Å². The number of β-amino-alcohol motifs (C(OH)–C–C–N with tert-alkyl or cyclic N) is 1. The van der Waals surface area contributed by atoms with Crippen molar-refractivity contribution in [3.8, 4) is 0 Å². The molecule has 0 amide bonds. The molecule has 1 aromatic rings. The lowest BCUT2D eigenvalue weighted by Crippen LogP contribution is -2.50. The van der Waals surface area contributed by atoms with E-state index in [1.165, 1.54) is 0 Å². The number of anilines is 1. The lowest BCUT2D eigenvalue weighted by Gasteiger charge is -2.42. The molecule has 2 heterocycles. The summed E-state index contributed by atoms with van der Waals surface area (Å²) in [6.07, 6.45) is 3.84. The van der Waals surface area contributed by atoms with Crippen molar-refractivity contribution in [3.05, 3.63) is 24.0 Å². The van der Waals surface area contributed by atoms with Crippen LogP contribution in [0, 0.1) is 0 Å². The fraction of sp³-hybridized carbons (Fsp3) is 0.667. The Kier molecular flexibility index (Phi) is 3.62. The van der Waals surface area contributed by atoms with Crippen LogP contribution in [0.5, 0.6) is 0 Å². The van der Waals surface area contributed by atoms with Crippen LogP contribution in [-0.4, -0.2) is 28.3 Å². The summed E-state index contributed by atoms with van der Waals surface area (Å²) < 4.78 is 0. The predicted molar refractivity (Wildman–Crippen MR) is 75.0 cm³/mol. The Balaban J connectivity index is 2.19. The van der Waals surface area contributed by atoms with Crippen LogP contribution in [0.2, 0.25) is 0 Å². The van der Waals surface area contributed by atoms with Crippen LogP contribution in [0.3, 0.4) is 0 Å². The van der Waals surface area contributed by atoms with Gasteiger partial charge in [0.25, 0.3) is 0 Å². The number of pyridine rings is 1. The van der Waals surface area contributed by atoms with E-state index in [4.69, 9.17) is 0 Å². The molecule has 1 aromatic heterocycles. The van der Waals surface area contributed by atoms with Gasteiger partial charge < -0.3 is 10.0 Å². The normalized spacial score (nSPS) is 28.8. The van der Waals surface area contributed by atoms with E-state index in [9.17, 15) is 5.11 Å². The monoisotopic (exact) mass is 248 g/mol. The molecule has 2 rings (SSSR count). The Hall–Kier alpha value is -1.09. The van der Waals surface area contributed by atoms with E-state index >= 15 is 0 Å². The topological polar surface area (TPSA) is 36.4 Å².